The zero-order valence-corrected chi connectivity index (χ0v) is 12.8. The molecule has 0 fully saturated rings. The van der Waals surface area contributed by atoms with Gasteiger partial charge in [0.15, 0.2) is 0 Å². The number of carbonyl (C=O) groups excluding carboxylic acids is 1. The van der Waals surface area contributed by atoms with Crippen molar-refractivity contribution in [3.8, 4) is 0 Å². The molecule has 3 nitrogen and oxygen atoms in total. The zero-order valence-electron chi connectivity index (χ0n) is 12.0. The number of hydrogen-bond donors (Lipinski definition) is 1. The third kappa shape index (κ3) is 3.89. The van der Waals surface area contributed by atoms with Gasteiger partial charge < -0.3 is 10.6 Å². The third-order valence-electron chi connectivity index (χ3n) is 3.27. The molecule has 0 bridgehead atoms. The molecule has 0 aliphatic carbocycles. The number of para-hydroxylation sites is 1. The van der Waals surface area contributed by atoms with E-state index in [-0.39, 0.29) is 5.91 Å². The molecule has 2 rings (SSSR count). The van der Waals surface area contributed by atoms with E-state index in [2.05, 4.69) is 0 Å². The third-order valence-corrected chi connectivity index (χ3v) is 3.47. The molecule has 0 aliphatic heterocycles. The first-order valence-corrected chi connectivity index (χ1v) is 7.21. The van der Waals surface area contributed by atoms with E-state index < -0.39 is 0 Å². The Labute approximate surface area is 130 Å². The van der Waals surface area contributed by atoms with Crippen molar-refractivity contribution in [1.29, 1.82) is 0 Å². The Hall–Kier alpha value is -2.20. The lowest BCUT2D eigenvalue weighted by molar-refractivity contribution is 0.0987. The lowest BCUT2D eigenvalue weighted by Crippen LogP contribution is -2.34. The van der Waals surface area contributed by atoms with Crippen LogP contribution in [0.4, 0.5) is 5.69 Å². The Balaban J connectivity index is 2.33. The molecule has 0 unspecified atom stereocenters. The second-order valence-corrected chi connectivity index (χ2v) is 5.35. The van der Waals surface area contributed by atoms with Gasteiger partial charge in [0, 0.05) is 24.2 Å². The van der Waals surface area contributed by atoms with Crippen molar-refractivity contribution in [2.75, 3.05) is 11.4 Å². The predicted molar refractivity (Wildman–Crippen MR) is 90.7 cm³/mol. The van der Waals surface area contributed by atoms with Crippen molar-refractivity contribution in [3.63, 3.8) is 0 Å². The highest BCUT2D eigenvalue weighted by Gasteiger charge is 2.18. The van der Waals surface area contributed by atoms with Gasteiger partial charge in [-0.25, -0.2) is 0 Å². The van der Waals surface area contributed by atoms with E-state index in [9.17, 15) is 4.79 Å². The van der Waals surface area contributed by atoms with Crippen LogP contribution >= 0.6 is 12.2 Å². The number of nitrogens with two attached hydrogens (primary N) is 1. The first-order chi connectivity index (χ1) is 10.1. The Kier molecular flexibility index (Phi) is 5.06. The fraction of sp³-hybridized carbons (Fsp3) is 0.176. The maximum Gasteiger partial charge on any atom is 0.258 e. The summed E-state index contributed by atoms with van der Waals surface area (Å²) in [4.78, 5) is 15.0. The molecular formula is C17H18N2OS. The second-order valence-electron chi connectivity index (χ2n) is 4.82. The number of hydrogen-bond acceptors (Lipinski definition) is 2. The van der Waals surface area contributed by atoms with Gasteiger partial charge in [0.25, 0.3) is 5.91 Å². The highest BCUT2D eigenvalue weighted by atomic mass is 32.1. The van der Waals surface area contributed by atoms with E-state index in [0.29, 0.717) is 23.5 Å². The molecule has 0 spiro atoms. The smallest absolute Gasteiger partial charge is 0.258 e. The van der Waals surface area contributed by atoms with Crippen LogP contribution in [0.1, 0.15) is 22.3 Å². The molecule has 2 N–H and O–H groups in total. The summed E-state index contributed by atoms with van der Waals surface area (Å²) in [7, 11) is 0. The minimum Gasteiger partial charge on any atom is -0.393 e. The summed E-state index contributed by atoms with van der Waals surface area (Å²) >= 11 is 4.93. The van der Waals surface area contributed by atoms with Gasteiger partial charge in [-0.15, -0.1) is 0 Å². The number of aryl methyl sites for hydroxylation is 1. The van der Waals surface area contributed by atoms with Gasteiger partial charge in [-0.05, 0) is 30.7 Å². The topological polar surface area (TPSA) is 46.3 Å². The minimum absolute atomic E-state index is 0.0319. The van der Waals surface area contributed by atoms with Crippen LogP contribution in [0, 0.1) is 6.92 Å². The van der Waals surface area contributed by atoms with E-state index >= 15 is 0 Å². The fourth-order valence-electron chi connectivity index (χ4n) is 2.14. The quantitative estimate of drug-likeness (QED) is 0.861. The first kappa shape index (κ1) is 15.2. The highest BCUT2D eigenvalue weighted by molar-refractivity contribution is 7.80. The zero-order chi connectivity index (χ0) is 15.2. The summed E-state index contributed by atoms with van der Waals surface area (Å²) < 4.78 is 0. The molecule has 0 saturated heterocycles. The molecule has 0 saturated carbocycles. The van der Waals surface area contributed by atoms with Gasteiger partial charge >= 0.3 is 0 Å². The molecule has 21 heavy (non-hydrogen) atoms. The number of thiocarbonyl (C=S) groups is 1. The molecular weight excluding hydrogens is 280 g/mol. The van der Waals surface area contributed by atoms with Gasteiger partial charge in [-0.3, -0.25) is 4.79 Å². The second kappa shape index (κ2) is 6.99. The molecule has 2 aromatic rings. The van der Waals surface area contributed by atoms with Crippen LogP contribution in [0.15, 0.2) is 54.6 Å². The SMILES string of the molecule is Cc1ccccc1C(=O)N(CCC(N)=S)c1ccccc1. The average Bonchev–Trinajstić information content (AvgIpc) is 2.48. The number of anilines is 1. The van der Waals surface area contributed by atoms with E-state index in [4.69, 9.17) is 18.0 Å². The monoisotopic (exact) mass is 298 g/mol. The van der Waals surface area contributed by atoms with Crippen LogP contribution in [0.25, 0.3) is 0 Å². The minimum atomic E-state index is -0.0319. The van der Waals surface area contributed by atoms with Crippen molar-refractivity contribution < 1.29 is 4.79 Å². The Morgan fingerprint density at radius 1 is 1.10 bits per heavy atom. The van der Waals surface area contributed by atoms with Crippen molar-refractivity contribution in [3.05, 3.63) is 65.7 Å². The van der Waals surface area contributed by atoms with E-state index in [1.54, 1.807) is 4.90 Å². The van der Waals surface area contributed by atoms with E-state index in [1.165, 1.54) is 0 Å². The average molecular weight is 298 g/mol. The number of rotatable bonds is 5. The molecule has 0 heterocycles. The Morgan fingerprint density at radius 2 is 1.71 bits per heavy atom. The van der Waals surface area contributed by atoms with Crippen molar-refractivity contribution >= 4 is 28.8 Å². The normalized spacial score (nSPS) is 10.1. The van der Waals surface area contributed by atoms with Crippen molar-refractivity contribution in [1.82, 2.24) is 0 Å². The lowest BCUT2D eigenvalue weighted by atomic mass is 10.1. The van der Waals surface area contributed by atoms with E-state index in [0.717, 1.165) is 11.3 Å². The molecule has 0 aromatic heterocycles. The van der Waals surface area contributed by atoms with Crippen LogP contribution in [-0.4, -0.2) is 17.4 Å². The predicted octanol–water partition coefficient (Wildman–Crippen LogP) is 3.32. The van der Waals surface area contributed by atoms with Crippen LogP contribution in [0.5, 0.6) is 0 Å². The summed E-state index contributed by atoms with van der Waals surface area (Å²) in [5, 5.41) is 0. The van der Waals surface area contributed by atoms with Crippen LogP contribution in [-0.2, 0) is 0 Å². The van der Waals surface area contributed by atoms with Crippen LogP contribution < -0.4 is 10.6 Å². The van der Waals surface area contributed by atoms with Crippen LogP contribution in [0.3, 0.4) is 0 Å². The number of benzene rings is 2. The number of amides is 1. The van der Waals surface area contributed by atoms with Crippen LogP contribution in [0.2, 0.25) is 0 Å². The highest BCUT2D eigenvalue weighted by Crippen LogP contribution is 2.19. The van der Waals surface area contributed by atoms with Gasteiger partial charge in [0.2, 0.25) is 0 Å². The van der Waals surface area contributed by atoms with Gasteiger partial charge in [-0.1, -0.05) is 48.6 Å². The maximum absolute atomic E-state index is 12.8. The van der Waals surface area contributed by atoms with Crippen molar-refractivity contribution in [2.45, 2.75) is 13.3 Å². The standard InChI is InChI=1S/C17H18N2OS/c1-13-7-5-6-10-15(13)17(20)19(12-11-16(18)21)14-8-3-2-4-9-14/h2-10H,11-12H2,1H3,(H2,18,21). The molecule has 2 aromatic carbocycles. The summed E-state index contributed by atoms with van der Waals surface area (Å²) in [5.41, 5.74) is 8.09. The Bertz CT molecular complexity index is 640. The molecule has 108 valence electrons. The molecule has 1 amide bonds. The Morgan fingerprint density at radius 3 is 2.33 bits per heavy atom. The molecule has 4 heteroatoms. The number of nitrogens with zero attached hydrogens (tertiary/aromatic N) is 1. The molecule has 0 atom stereocenters. The number of carbonyl (C=O) groups is 1. The summed E-state index contributed by atoms with van der Waals surface area (Å²) in [6.45, 7) is 2.41. The van der Waals surface area contributed by atoms with Gasteiger partial charge in [0.05, 0.1) is 4.99 Å². The summed E-state index contributed by atoms with van der Waals surface area (Å²) in [5.74, 6) is -0.0319. The summed E-state index contributed by atoms with van der Waals surface area (Å²) in [6.07, 6.45) is 0.502. The van der Waals surface area contributed by atoms with Gasteiger partial charge in [-0.2, -0.15) is 0 Å². The lowest BCUT2D eigenvalue weighted by Gasteiger charge is -2.23. The fourth-order valence-corrected chi connectivity index (χ4v) is 2.23. The van der Waals surface area contributed by atoms with Crippen molar-refractivity contribution in [2.24, 2.45) is 5.73 Å². The molecule has 0 aliphatic rings. The maximum atomic E-state index is 12.8. The summed E-state index contributed by atoms with van der Waals surface area (Å²) in [6, 6.07) is 17.1. The first-order valence-electron chi connectivity index (χ1n) is 6.80. The largest absolute Gasteiger partial charge is 0.393 e. The van der Waals surface area contributed by atoms with E-state index in [1.807, 2.05) is 61.5 Å². The molecule has 0 radical (unpaired) electrons. The van der Waals surface area contributed by atoms with Gasteiger partial charge in [0.1, 0.15) is 0 Å².